The molecule has 2 heterocycles. The van der Waals surface area contributed by atoms with Gasteiger partial charge in [-0.3, -0.25) is 14.9 Å². The van der Waals surface area contributed by atoms with E-state index in [4.69, 9.17) is 4.74 Å². The summed E-state index contributed by atoms with van der Waals surface area (Å²) in [6.45, 7) is 0. The van der Waals surface area contributed by atoms with E-state index in [1.54, 1.807) is 35.1 Å². The van der Waals surface area contributed by atoms with Crippen LogP contribution in [0, 0.1) is 0 Å². The molecule has 1 aliphatic rings. The zero-order valence-electron chi connectivity index (χ0n) is 15.4. The Balaban J connectivity index is 1.70. The monoisotopic (exact) mass is 388 g/mol. The van der Waals surface area contributed by atoms with Gasteiger partial charge in [-0.25, -0.2) is 14.4 Å². The fourth-order valence-electron chi connectivity index (χ4n) is 2.99. The summed E-state index contributed by atoms with van der Waals surface area (Å²) in [6, 6.07) is 15.2. The van der Waals surface area contributed by atoms with E-state index in [0.717, 1.165) is 10.6 Å². The number of hydrogen-bond donors (Lipinski definition) is 1. The topological polar surface area (TPSA) is 93.5 Å². The third kappa shape index (κ3) is 3.39. The Hall–Kier alpha value is -4.20. The molecule has 0 bridgehead atoms. The first-order valence-electron chi connectivity index (χ1n) is 8.73. The molecule has 8 heteroatoms. The van der Waals surface area contributed by atoms with E-state index in [9.17, 15) is 14.4 Å². The molecular weight excluding hydrogens is 372 g/mol. The summed E-state index contributed by atoms with van der Waals surface area (Å²) in [5.74, 6) is -1.17. The Morgan fingerprint density at radius 2 is 1.72 bits per heavy atom. The average molecular weight is 388 g/mol. The van der Waals surface area contributed by atoms with E-state index >= 15 is 0 Å². The number of barbiturate groups is 1. The average Bonchev–Trinajstić information content (AvgIpc) is 3.21. The largest absolute Gasteiger partial charge is 0.495 e. The molecule has 29 heavy (non-hydrogen) atoms. The van der Waals surface area contributed by atoms with Crippen LogP contribution in [0.4, 0.5) is 10.5 Å². The number of rotatable bonds is 4. The highest BCUT2D eigenvalue weighted by Crippen LogP contribution is 2.30. The maximum absolute atomic E-state index is 13.0. The van der Waals surface area contributed by atoms with Crippen molar-refractivity contribution in [1.82, 2.24) is 15.1 Å². The van der Waals surface area contributed by atoms with Crippen molar-refractivity contribution in [3.63, 3.8) is 0 Å². The molecule has 4 rings (SSSR count). The van der Waals surface area contributed by atoms with Crippen molar-refractivity contribution in [2.45, 2.75) is 0 Å². The van der Waals surface area contributed by atoms with Crippen molar-refractivity contribution in [1.29, 1.82) is 0 Å². The Labute approximate surface area is 166 Å². The van der Waals surface area contributed by atoms with Gasteiger partial charge < -0.3 is 4.74 Å². The van der Waals surface area contributed by atoms with Crippen LogP contribution in [0.2, 0.25) is 0 Å². The number of methoxy groups -OCH3 is 1. The third-order valence-electron chi connectivity index (χ3n) is 4.36. The zero-order chi connectivity index (χ0) is 20.4. The normalized spacial score (nSPS) is 15.6. The number of para-hydroxylation sites is 3. The number of urea groups is 1. The summed E-state index contributed by atoms with van der Waals surface area (Å²) in [5.41, 5.74) is 1.45. The van der Waals surface area contributed by atoms with Gasteiger partial charge in [0.25, 0.3) is 11.8 Å². The molecule has 3 aromatic rings. The molecule has 1 N–H and O–H groups in total. The molecule has 1 saturated heterocycles. The second kappa shape index (κ2) is 7.43. The molecular formula is C21H16N4O4. The molecule has 0 radical (unpaired) electrons. The van der Waals surface area contributed by atoms with Crippen molar-refractivity contribution in [2.75, 3.05) is 12.0 Å². The molecule has 0 aliphatic carbocycles. The number of ether oxygens (including phenoxy) is 1. The van der Waals surface area contributed by atoms with Crippen molar-refractivity contribution in [2.24, 2.45) is 0 Å². The first kappa shape index (κ1) is 18.2. The second-order valence-electron chi connectivity index (χ2n) is 6.18. The number of carbonyl (C=O) groups is 3. The molecule has 4 amide bonds. The number of hydrogen-bond acceptors (Lipinski definition) is 5. The van der Waals surface area contributed by atoms with Crippen molar-refractivity contribution in [3.05, 3.63) is 78.1 Å². The van der Waals surface area contributed by atoms with Crippen LogP contribution in [0.3, 0.4) is 0 Å². The first-order chi connectivity index (χ1) is 14.1. The summed E-state index contributed by atoms with van der Waals surface area (Å²) in [6.07, 6.45) is 4.62. The fraction of sp³-hybridized carbons (Fsp3) is 0.0476. The maximum Gasteiger partial charge on any atom is 0.336 e. The molecule has 0 unspecified atom stereocenters. The highest BCUT2D eigenvalue weighted by Gasteiger charge is 2.38. The van der Waals surface area contributed by atoms with Crippen LogP contribution in [0.15, 0.2) is 72.6 Å². The van der Waals surface area contributed by atoms with Crippen LogP contribution < -0.4 is 15.0 Å². The molecule has 8 nitrogen and oxygen atoms in total. The summed E-state index contributed by atoms with van der Waals surface area (Å²) in [5, 5.41) is 6.44. The molecule has 0 saturated carbocycles. The molecule has 0 atom stereocenters. The number of nitrogens with zero attached hydrogens (tertiary/aromatic N) is 3. The van der Waals surface area contributed by atoms with Gasteiger partial charge in [0.2, 0.25) is 0 Å². The van der Waals surface area contributed by atoms with E-state index in [2.05, 4.69) is 10.4 Å². The quantitative estimate of drug-likeness (QED) is 0.548. The highest BCUT2D eigenvalue weighted by atomic mass is 16.5. The summed E-state index contributed by atoms with van der Waals surface area (Å²) in [4.78, 5) is 38.5. The summed E-state index contributed by atoms with van der Waals surface area (Å²) < 4.78 is 6.86. The zero-order valence-corrected chi connectivity index (χ0v) is 15.4. The van der Waals surface area contributed by atoms with Gasteiger partial charge in [0.1, 0.15) is 11.3 Å². The van der Waals surface area contributed by atoms with Crippen LogP contribution in [0.25, 0.3) is 11.8 Å². The number of aromatic nitrogens is 2. The lowest BCUT2D eigenvalue weighted by molar-refractivity contribution is -0.122. The number of carbonyl (C=O) groups excluding carboxylic acids is 3. The van der Waals surface area contributed by atoms with Gasteiger partial charge in [0.05, 0.1) is 24.7 Å². The molecule has 1 aliphatic heterocycles. The molecule has 0 spiro atoms. The van der Waals surface area contributed by atoms with Gasteiger partial charge >= 0.3 is 6.03 Å². The van der Waals surface area contributed by atoms with Gasteiger partial charge in [-0.05, 0) is 30.3 Å². The van der Waals surface area contributed by atoms with Crippen LogP contribution >= 0.6 is 0 Å². The van der Waals surface area contributed by atoms with Gasteiger partial charge in [-0.15, -0.1) is 0 Å². The van der Waals surface area contributed by atoms with Gasteiger partial charge in [0, 0.05) is 11.8 Å². The number of amides is 4. The van der Waals surface area contributed by atoms with E-state index in [1.165, 1.54) is 19.4 Å². The highest BCUT2D eigenvalue weighted by molar-refractivity contribution is 6.39. The fourth-order valence-corrected chi connectivity index (χ4v) is 2.99. The Kier molecular flexibility index (Phi) is 4.66. The summed E-state index contributed by atoms with van der Waals surface area (Å²) in [7, 11) is 1.44. The maximum atomic E-state index is 13.0. The standard InChI is InChI=1S/C21H16N4O4/c1-29-18-10-6-5-9-17(18)25-20(27)16(19(26)23-21(25)28)11-14-12-22-24(13-14)15-7-3-2-4-8-15/h2-13H,1H3,(H,23,26,28)/b16-11+. The van der Waals surface area contributed by atoms with Crippen molar-refractivity contribution in [3.8, 4) is 11.4 Å². The minimum Gasteiger partial charge on any atom is -0.495 e. The molecule has 1 fully saturated rings. The van der Waals surface area contributed by atoms with Crippen LogP contribution in [-0.2, 0) is 9.59 Å². The van der Waals surface area contributed by atoms with Gasteiger partial charge in [0.15, 0.2) is 0 Å². The number of nitrogens with one attached hydrogen (secondary N) is 1. The first-order valence-corrected chi connectivity index (χ1v) is 8.73. The lowest BCUT2D eigenvalue weighted by Gasteiger charge is -2.27. The minimum atomic E-state index is -0.832. The number of imide groups is 2. The van der Waals surface area contributed by atoms with Gasteiger partial charge in [-0.2, -0.15) is 5.10 Å². The third-order valence-corrected chi connectivity index (χ3v) is 4.36. The van der Waals surface area contributed by atoms with E-state index in [1.807, 2.05) is 30.3 Å². The minimum absolute atomic E-state index is 0.178. The van der Waals surface area contributed by atoms with Crippen LogP contribution in [0.5, 0.6) is 5.75 Å². The van der Waals surface area contributed by atoms with E-state index in [0.29, 0.717) is 11.3 Å². The number of anilines is 1. The summed E-state index contributed by atoms with van der Waals surface area (Å²) >= 11 is 0. The lowest BCUT2D eigenvalue weighted by Crippen LogP contribution is -2.54. The SMILES string of the molecule is COc1ccccc1N1C(=O)NC(=O)/C(=C\c2cnn(-c3ccccc3)c2)C1=O. The van der Waals surface area contributed by atoms with Crippen LogP contribution in [-0.4, -0.2) is 34.7 Å². The Morgan fingerprint density at radius 3 is 2.48 bits per heavy atom. The van der Waals surface area contributed by atoms with Crippen LogP contribution in [0.1, 0.15) is 5.56 Å². The van der Waals surface area contributed by atoms with E-state index < -0.39 is 17.8 Å². The number of benzene rings is 2. The van der Waals surface area contributed by atoms with Crippen molar-refractivity contribution < 1.29 is 19.1 Å². The van der Waals surface area contributed by atoms with Crippen molar-refractivity contribution >= 4 is 29.6 Å². The lowest BCUT2D eigenvalue weighted by atomic mass is 10.1. The molecule has 2 aromatic carbocycles. The second-order valence-corrected chi connectivity index (χ2v) is 6.18. The predicted octanol–water partition coefficient (Wildman–Crippen LogP) is 2.55. The van der Waals surface area contributed by atoms with E-state index in [-0.39, 0.29) is 11.3 Å². The molecule has 144 valence electrons. The Morgan fingerprint density at radius 1 is 1.00 bits per heavy atom. The van der Waals surface area contributed by atoms with Gasteiger partial charge in [-0.1, -0.05) is 30.3 Å². The molecule has 1 aromatic heterocycles. The predicted molar refractivity (Wildman–Crippen MR) is 106 cm³/mol. The Bertz CT molecular complexity index is 1130. The smallest absolute Gasteiger partial charge is 0.336 e.